The van der Waals surface area contributed by atoms with E-state index in [1.165, 1.54) is 21.6 Å². The zero-order valence-corrected chi connectivity index (χ0v) is 28.5. The molecule has 0 aliphatic carbocycles. The molecule has 0 radical (unpaired) electrons. The number of hydrazone groups is 2. The van der Waals surface area contributed by atoms with Crippen molar-refractivity contribution >= 4 is 45.8 Å². The molecular formula is C40H36N6O6. The van der Waals surface area contributed by atoms with Gasteiger partial charge in [-0.15, -0.1) is 0 Å². The van der Waals surface area contributed by atoms with Crippen LogP contribution >= 0.6 is 0 Å². The lowest BCUT2D eigenvalue weighted by Crippen LogP contribution is -2.21. The molecule has 2 amide bonds. The van der Waals surface area contributed by atoms with E-state index in [0.717, 1.165) is 11.1 Å². The maximum absolute atomic E-state index is 13.3. The van der Waals surface area contributed by atoms with Crippen molar-refractivity contribution in [1.82, 2.24) is 20.0 Å². The first-order valence-corrected chi connectivity index (χ1v) is 16.7. The minimum absolute atomic E-state index is 0.0872. The number of carbonyl (C=O) groups is 2. The van der Waals surface area contributed by atoms with Crippen molar-refractivity contribution in [2.45, 2.75) is 39.5 Å². The van der Waals surface area contributed by atoms with Crippen LogP contribution in [-0.2, 0) is 9.59 Å². The fraction of sp³-hybridized carbons (Fsp3) is 0.150. The van der Waals surface area contributed by atoms with E-state index in [1.54, 1.807) is 72.8 Å². The molecule has 52 heavy (non-hydrogen) atoms. The Morgan fingerprint density at radius 3 is 1.29 bits per heavy atom. The second-order valence-electron chi connectivity index (χ2n) is 12.3. The summed E-state index contributed by atoms with van der Waals surface area (Å²) in [5.74, 6) is -1.40. The van der Waals surface area contributed by atoms with Crippen LogP contribution in [0, 0.1) is 13.8 Å². The summed E-state index contributed by atoms with van der Waals surface area (Å²) in [4.78, 5) is 51.6. The third kappa shape index (κ3) is 7.36. The average molecular weight is 697 g/mol. The predicted molar refractivity (Wildman–Crippen MR) is 202 cm³/mol. The van der Waals surface area contributed by atoms with Crippen LogP contribution in [0.1, 0.15) is 47.9 Å². The topological polar surface area (TPSA) is 167 Å². The van der Waals surface area contributed by atoms with Crippen LogP contribution in [0.5, 0.6) is 11.8 Å². The molecule has 0 unspecified atom stereocenters. The number of aromatic hydroxyl groups is 2. The SMILES string of the molecule is Cc1ccc(-n2c(O)c(C=NNC(=O)CCCCC(=O)NN=Cc3c(O)n(-c4ccc(C)cc4)c(=O)c4ccccc34)c3ccccc3c2=O)cc1. The van der Waals surface area contributed by atoms with Crippen LogP contribution in [0.2, 0.25) is 0 Å². The zero-order valence-electron chi connectivity index (χ0n) is 28.5. The van der Waals surface area contributed by atoms with Gasteiger partial charge in [0.25, 0.3) is 11.1 Å². The molecule has 6 rings (SSSR count). The van der Waals surface area contributed by atoms with Crippen molar-refractivity contribution in [1.29, 1.82) is 0 Å². The van der Waals surface area contributed by atoms with Gasteiger partial charge in [-0.2, -0.15) is 10.2 Å². The lowest BCUT2D eigenvalue weighted by atomic mass is 10.1. The summed E-state index contributed by atoms with van der Waals surface area (Å²) in [5.41, 5.74) is 7.64. The number of carbonyl (C=O) groups excluding carboxylic acids is 2. The van der Waals surface area contributed by atoms with Gasteiger partial charge in [-0.25, -0.2) is 20.0 Å². The van der Waals surface area contributed by atoms with Gasteiger partial charge in [0.1, 0.15) is 0 Å². The molecule has 2 aromatic heterocycles. The fourth-order valence-electron chi connectivity index (χ4n) is 5.87. The second kappa shape index (κ2) is 15.4. The predicted octanol–water partition coefficient (Wildman–Crippen LogP) is 5.48. The molecule has 4 N–H and O–H groups in total. The van der Waals surface area contributed by atoms with E-state index in [2.05, 4.69) is 21.1 Å². The van der Waals surface area contributed by atoms with Gasteiger partial charge in [0.15, 0.2) is 0 Å². The smallest absolute Gasteiger partial charge is 0.265 e. The van der Waals surface area contributed by atoms with Gasteiger partial charge in [0.2, 0.25) is 23.6 Å². The lowest BCUT2D eigenvalue weighted by molar-refractivity contribution is -0.123. The molecule has 0 saturated carbocycles. The third-order valence-corrected chi connectivity index (χ3v) is 8.61. The van der Waals surface area contributed by atoms with E-state index in [0.29, 0.717) is 45.8 Å². The summed E-state index contributed by atoms with van der Waals surface area (Å²) in [6.45, 7) is 3.85. The molecule has 12 nitrogen and oxygen atoms in total. The second-order valence-corrected chi connectivity index (χ2v) is 12.3. The fourth-order valence-corrected chi connectivity index (χ4v) is 5.87. The number of aromatic nitrogens is 2. The molecule has 2 heterocycles. The van der Waals surface area contributed by atoms with Gasteiger partial charge in [0, 0.05) is 34.4 Å². The maximum atomic E-state index is 13.3. The quantitative estimate of drug-likeness (QED) is 0.0795. The van der Waals surface area contributed by atoms with Crippen molar-refractivity contribution in [2.75, 3.05) is 0 Å². The third-order valence-electron chi connectivity index (χ3n) is 8.61. The Labute approximate surface area is 298 Å². The highest BCUT2D eigenvalue weighted by molar-refractivity contribution is 6.03. The van der Waals surface area contributed by atoms with Crippen LogP contribution in [0.15, 0.2) is 117 Å². The number of fused-ring (bicyclic) bond motifs is 2. The molecule has 6 aromatic rings. The Bertz CT molecular complexity index is 2310. The molecule has 12 heteroatoms. The summed E-state index contributed by atoms with van der Waals surface area (Å²) in [5, 5.41) is 32.1. The number of pyridine rings is 2. The first-order valence-electron chi connectivity index (χ1n) is 16.7. The lowest BCUT2D eigenvalue weighted by Gasteiger charge is -2.14. The molecule has 4 aromatic carbocycles. The summed E-state index contributed by atoms with van der Waals surface area (Å²) < 4.78 is 2.41. The largest absolute Gasteiger partial charge is 0.494 e. The number of nitrogens with zero attached hydrogens (tertiary/aromatic N) is 4. The number of aryl methyl sites for hydroxylation is 2. The Kier molecular flexibility index (Phi) is 10.4. The molecule has 0 spiro atoms. The number of nitrogens with one attached hydrogen (secondary N) is 2. The number of hydrogen-bond donors (Lipinski definition) is 4. The average Bonchev–Trinajstić information content (AvgIpc) is 3.14. The van der Waals surface area contributed by atoms with Crippen LogP contribution < -0.4 is 22.0 Å². The summed E-state index contributed by atoms with van der Waals surface area (Å²) in [6.07, 6.45) is 3.56. The molecule has 0 bridgehead atoms. The number of benzene rings is 4. The van der Waals surface area contributed by atoms with E-state index in [1.807, 2.05) is 38.1 Å². The molecule has 262 valence electrons. The van der Waals surface area contributed by atoms with E-state index in [-0.39, 0.29) is 46.8 Å². The van der Waals surface area contributed by atoms with Gasteiger partial charge in [-0.3, -0.25) is 19.2 Å². The zero-order chi connectivity index (χ0) is 36.8. The van der Waals surface area contributed by atoms with Crippen LogP contribution in [0.25, 0.3) is 32.9 Å². The van der Waals surface area contributed by atoms with Crippen molar-refractivity contribution in [3.63, 3.8) is 0 Å². The van der Waals surface area contributed by atoms with Gasteiger partial charge in [-0.05, 0) is 63.1 Å². The number of rotatable bonds is 11. The summed E-state index contributed by atoms with van der Waals surface area (Å²) >= 11 is 0. The van der Waals surface area contributed by atoms with Crippen molar-refractivity contribution in [2.24, 2.45) is 10.2 Å². The standard InChI is InChI=1S/C40H36N6O6/c1-25-15-19-27(20-16-25)45-37(49)31-11-5-3-9-29(31)33(39(45)51)23-41-43-35(47)13-7-8-14-36(48)44-42-24-34-30-10-4-6-12-32(30)38(50)46(40(34)52)28-21-17-26(2)18-22-28/h3-6,9-12,15-24,51-52H,7-8,13-14H2,1-2H3,(H,43,47)(H,44,48). The Hall–Kier alpha value is -6.82. The van der Waals surface area contributed by atoms with Crippen LogP contribution in [0.3, 0.4) is 0 Å². The molecular weight excluding hydrogens is 660 g/mol. The highest BCUT2D eigenvalue weighted by Crippen LogP contribution is 2.27. The van der Waals surface area contributed by atoms with Gasteiger partial charge in [-0.1, -0.05) is 71.8 Å². The van der Waals surface area contributed by atoms with E-state index < -0.39 is 11.8 Å². The van der Waals surface area contributed by atoms with Crippen molar-refractivity contribution < 1.29 is 19.8 Å². The van der Waals surface area contributed by atoms with E-state index in [4.69, 9.17) is 0 Å². The van der Waals surface area contributed by atoms with E-state index in [9.17, 15) is 29.4 Å². The van der Waals surface area contributed by atoms with E-state index >= 15 is 0 Å². The maximum Gasteiger partial charge on any atom is 0.265 e. The van der Waals surface area contributed by atoms with Crippen LogP contribution in [0.4, 0.5) is 0 Å². The minimum Gasteiger partial charge on any atom is -0.494 e. The monoisotopic (exact) mass is 696 g/mol. The normalized spacial score (nSPS) is 11.5. The first kappa shape index (κ1) is 35.0. The summed E-state index contributed by atoms with van der Waals surface area (Å²) in [7, 11) is 0. The van der Waals surface area contributed by atoms with Crippen molar-refractivity contribution in [3.05, 3.63) is 140 Å². The number of unbranched alkanes of at least 4 members (excludes halogenated alkanes) is 1. The molecule has 0 fully saturated rings. The van der Waals surface area contributed by atoms with Gasteiger partial charge >= 0.3 is 0 Å². The Balaban J connectivity index is 1.05. The number of hydrogen-bond acceptors (Lipinski definition) is 8. The minimum atomic E-state index is -0.392. The molecule has 0 aliphatic rings. The molecule has 0 atom stereocenters. The van der Waals surface area contributed by atoms with Crippen LogP contribution in [-0.4, -0.2) is 43.6 Å². The Morgan fingerprint density at radius 2 is 0.923 bits per heavy atom. The first-order chi connectivity index (χ1) is 25.1. The number of amides is 2. The molecule has 0 saturated heterocycles. The highest BCUT2D eigenvalue weighted by Gasteiger charge is 2.18. The highest BCUT2D eigenvalue weighted by atomic mass is 16.3. The van der Waals surface area contributed by atoms with Gasteiger partial charge < -0.3 is 10.2 Å². The molecule has 0 aliphatic heterocycles. The van der Waals surface area contributed by atoms with Crippen molar-refractivity contribution in [3.8, 4) is 23.1 Å². The Morgan fingerprint density at radius 1 is 0.577 bits per heavy atom. The van der Waals surface area contributed by atoms with Gasteiger partial charge in [0.05, 0.1) is 34.9 Å². The summed E-state index contributed by atoms with van der Waals surface area (Å²) in [6, 6.07) is 28.0.